The first kappa shape index (κ1) is 19.7. The van der Waals surface area contributed by atoms with Crippen LogP contribution in [0.4, 0.5) is 4.79 Å². The average Bonchev–Trinajstić information content (AvgIpc) is 2.43. The molecular weight excluding hydrogens is 270 g/mol. The zero-order chi connectivity index (χ0) is 16.3. The van der Waals surface area contributed by atoms with Gasteiger partial charge in [0.05, 0.1) is 13.2 Å². The van der Waals surface area contributed by atoms with Gasteiger partial charge in [-0.15, -0.1) is 0 Å². The number of likely N-dealkylation sites (N-methyl/N-ethyl adjacent to an activating group) is 1. The summed E-state index contributed by atoms with van der Waals surface area (Å²) in [5.74, 6) is -0.372. The zero-order valence-corrected chi connectivity index (χ0v) is 14.2. The summed E-state index contributed by atoms with van der Waals surface area (Å²) < 4.78 is 10.4. The number of ether oxygens (including phenoxy) is 2. The lowest BCUT2D eigenvalue weighted by molar-refractivity contribution is -0.150. The number of carbonyl (C=O) groups is 2. The Morgan fingerprint density at radius 2 is 1.52 bits per heavy atom. The second-order valence-electron chi connectivity index (χ2n) is 5.64. The molecule has 0 aliphatic heterocycles. The molecule has 0 fully saturated rings. The van der Waals surface area contributed by atoms with Crippen molar-refractivity contribution in [3.63, 3.8) is 0 Å². The van der Waals surface area contributed by atoms with Crippen molar-refractivity contribution in [3.05, 3.63) is 0 Å². The van der Waals surface area contributed by atoms with Gasteiger partial charge < -0.3 is 9.47 Å². The first-order chi connectivity index (χ1) is 9.95. The minimum Gasteiger partial charge on any atom is -0.464 e. The lowest BCUT2D eigenvalue weighted by Crippen LogP contribution is -2.46. The maximum Gasteiger partial charge on any atom is 0.410 e. The van der Waals surface area contributed by atoms with E-state index in [2.05, 4.69) is 6.92 Å². The van der Waals surface area contributed by atoms with Crippen molar-refractivity contribution in [2.24, 2.45) is 5.92 Å². The maximum atomic E-state index is 12.2. The number of hydrogen-bond acceptors (Lipinski definition) is 4. The number of nitrogens with zero attached hydrogens (tertiary/aromatic N) is 1. The summed E-state index contributed by atoms with van der Waals surface area (Å²) in [6.45, 7) is 8.72. The van der Waals surface area contributed by atoms with Gasteiger partial charge in [0.2, 0.25) is 0 Å². The fraction of sp³-hybridized carbons (Fsp3) is 0.875. The highest BCUT2D eigenvalue weighted by molar-refractivity contribution is 5.81. The minimum atomic E-state index is -0.597. The van der Waals surface area contributed by atoms with Crippen molar-refractivity contribution in [2.45, 2.75) is 65.8 Å². The smallest absolute Gasteiger partial charge is 0.410 e. The monoisotopic (exact) mass is 301 g/mol. The highest BCUT2D eigenvalue weighted by Crippen LogP contribution is 2.13. The molecule has 0 N–H and O–H groups in total. The van der Waals surface area contributed by atoms with Gasteiger partial charge in [-0.3, -0.25) is 4.90 Å². The van der Waals surface area contributed by atoms with Crippen molar-refractivity contribution in [3.8, 4) is 0 Å². The number of esters is 1. The van der Waals surface area contributed by atoms with Gasteiger partial charge in [-0.1, -0.05) is 47.0 Å². The summed E-state index contributed by atoms with van der Waals surface area (Å²) in [7, 11) is 1.59. The molecule has 0 aliphatic carbocycles. The standard InChI is InChI=1S/C16H31NO4/c1-6-8-10-12-20-15(18)14(13(3)4)17(5)16(19)21-11-9-7-2/h13-14H,6-12H2,1-5H3. The predicted octanol–water partition coefficient (Wildman–Crippen LogP) is 3.61. The Balaban J connectivity index is 4.43. The molecule has 5 heteroatoms. The molecule has 0 saturated heterocycles. The minimum absolute atomic E-state index is 0.0209. The Bertz CT molecular complexity index is 305. The molecule has 21 heavy (non-hydrogen) atoms. The molecule has 0 spiro atoms. The number of amides is 1. The molecule has 124 valence electrons. The molecule has 0 aromatic rings. The number of hydrogen-bond donors (Lipinski definition) is 0. The second kappa shape index (κ2) is 11.4. The van der Waals surface area contributed by atoms with E-state index in [9.17, 15) is 9.59 Å². The van der Waals surface area contributed by atoms with E-state index in [0.717, 1.165) is 32.1 Å². The molecule has 1 unspecified atom stereocenters. The fourth-order valence-electron chi connectivity index (χ4n) is 2.01. The van der Waals surface area contributed by atoms with Crippen LogP contribution in [0.2, 0.25) is 0 Å². The van der Waals surface area contributed by atoms with E-state index in [1.807, 2.05) is 20.8 Å². The Kier molecular flexibility index (Phi) is 10.7. The normalized spacial score (nSPS) is 12.1. The molecule has 5 nitrogen and oxygen atoms in total. The van der Waals surface area contributed by atoms with Crippen molar-refractivity contribution < 1.29 is 19.1 Å². The molecule has 0 aliphatic rings. The van der Waals surface area contributed by atoms with Gasteiger partial charge >= 0.3 is 12.1 Å². The summed E-state index contributed by atoms with van der Waals surface area (Å²) in [6, 6.07) is -0.597. The Morgan fingerprint density at radius 1 is 0.952 bits per heavy atom. The Hall–Kier alpha value is -1.26. The van der Waals surface area contributed by atoms with Crippen LogP contribution in [0.3, 0.4) is 0 Å². The molecule has 1 amide bonds. The van der Waals surface area contributed by atoms with Gasteiger partial charge in [-0.2, -0.15) is 0 Å². The number of unbranched alkanes of at least 4 members (excludes halogenated alkanes) is 3. The first-order valence-electron chi connectivity index (χ1n) is 8.01. The topological polar surface area (TPSA) is 55.8 Å². The van der Waals surface area contributed by atoms with Crippen LogP contribution in [-0.2, 0) is 14.3 Å². The summed E-state index contributed by atoms with van der Waals surface area (Å²) in [5, 5.41) is 0. The molecular formula is C16H31NO4. The molecule has 0 bridgehead atoms. The molecule has 0 heterocycles. The van der Waals surface area contributed by atoms with Gasteiger partial charge in [-0.05, 0) is 18.8 Å². The summed E-state index contributed by atoms with van der Waals surface area (Å²) >= 11 is 0. The molecule has 0 radical (unpaired) electrons. The van der Waals surface area contributed by atoms with Crippen LogP contribution < -0.4 is 0 Å². The molecule has 1 atom stereocenters. The van der Waals surface area contributed by atoms with E-state index in [1.54, 1.807) is 7.05 Å². The quantitative estimate of drug-likeness (QED) is 0.457. The Labute approximate surface area is 129 Å². The van der Waals surface area contributed by atoms with E-state index in [-0.39, 0.29) is 11.9 Å². The molecule has 0 aromatic carbocycles. The van der Waals surface area contributed by atoms with Crippen molar-refractivity contribution in [1.29, 1.82) is 0 Å². The third-order valence-corrected chi connectivity index (χ3v) is 3.29. The highest BCUT2D eigenvalue weighted by Gasteiger charge is 2.31. The van der Waals surface area contributed by atoms with E-state index >= 15 is 0 Å². The van der Waals surface area contributed by atoms with Crippen LogP contribution in [0.15, 0.2) is 0 Å². The lowest BCUT2D eigenvalue weighted by Gasteiger charge is -2.28. The second-order valence-corrected chi connectivity index (χ2v) is 5.64. The first-order valence-corrected chi connectivity index (χ1v) is 8.01. The third kappa shape index (κ3) is 7.93. The fourth-order valence-corrected chi connectivity index (χ4v) is 2.01. The largest absolute Gasteiger partial charge is 0.464 e. The van der Waals surface area contributed by atoms with Crippen molar-refractivity contribution in [1.82, 2.24) is 4.90 Å². The summed E-state index contributed by atoms with van der Waals surface area (Å²) in [6.07, 6.45) is 4.30. The van der Waals surface area contributed by atoms with Crippen LogP contribution in [0, 0.1) is 5.92 Å². The molecule has 0 aromatic heterocycles. The van der Waals surface area contributed by atoms with Crippen LogP contribution >= 0.6 is 0 Å². The van der Waals surface area contributed by atoms with Crippen molar-refractivity contribution in [2.75, 3.05) is 20.3 Å². The highest BCUT2D eigenvalue weighted by atomic mass is 16.6. The summed E-state index contributed by atoms with van der Waals surface area (Å²) in [4.78, 5) is 25.4. The maximum absolute atomic E-state index is 12.2. The lowest BCUT2D eigenvalue weighted by atomic mass is 10.0. The molecule has 0 saturated carbocycles. The van der Waals surface area contributed by atoms with E-state index in [4.69, 9.17) is 9.47 Å². The zero-order valence-electron chi connectivity index (χ0n) is 14.2. The average molecular weight is 301 g/mol. The van der Waals surface area contributed by atoms with Crippen LogP contribution in [0.5, 0.6) is 0 Å². The van der Waals surface area contributed by atoms with Crippen molar-refractivity contribution >= 4 is 12.1 Å². The molecule has 0 rings (SSSR count). The van der Waals surface area contributed by atoms with Gasteiger partial charge in [0, 0.05) is 7.05 Å². The van der Waals surface area contributed by atoms with Gasteiger partial charge in [0.25, 0.3) is 0 Å². The van der Waals surface area contributed by atoms with E-state index < -0.39 is 12.1 Å². The van der Waals surface area contributed by atoms with Crippen LogP contribution in [0.25, 0.3) is 0 Å². The number of rotatable bonds is 10. The Morgan fingerprint density at radius 3 is 2.05 bits per heavy atom. The van der Waals surface area contributed by atoms with Crippen LogP contribution in [-0.4, -0.2) is 43.3 Å². The van der Waals surface area contributed by atoms with E-state index in [0.29, 0.717) is 13.2 Å². The third-order valence-electron chi connectivity index (χ3n) is 3.29. The SMILES string of the molecule is CCCCCOC(=O)C(C(C)C)N(C)C(=O)OCCCC. The van der Waals surface area contributed by atoms with Gasteiger partial charge in [0.1, 0.15) is 6.04 Å². The number of carbonyl (C=O) groups excluding carboxylic acids is 2. The van der Waals surface area contributed by atoms with Gasteiger partial charge in [-0.25, -0.2) is 9.59 Å². The van der Waals surface area contributed by atoms with Crippen LogP contribution in [0.1, 0.15) is 59.8 Å². The summed E-state index contributed by atoms with van der Waals surface area (Å²) in [5.41, 5.74) is 0. The van der Waals surface area contributed by atoms with Gasteiger partial charge in [0.15, 0.2) is 0 Å². The van der Waals surface area contributed by atoms with E-state index in [1.165, 1.54) is 4.90 Å². The predicted molar refractivity (Wildman–Crippen MR) is 83.1 cm³/mol.